The van der Waals surface area contributed by atoms with Crippen molar-refractivity contribution in [3.63, 3.8) is 0 Å². The van der Waals surface area contributed by atoms with Crippen molar-refractivity contribution in [2.45, 2.75) is 38.1 Å². The minimum absolute atomic E-state index is 0.286. The number of fused-ring (bicyclic) bond motifs is 1. The third-order valence-corrected chi connectivity index (χ3v) is 5.31. The highest BCUT2D eigenvalue weighted by atomic mass is 16.5. The summed E-state index contributed by atoms with van der Waals surface area (Å²) in [4.78, 5) is 16.1. The summed E-state index contributed by atoms with van der Waals surface area (Å²) in [5, 5.41) is 0. The number of pyridine rings is 1. The van der Waals surface area contributed by atoms with Gasteiger partial charge in [0.1, 0.15) is 12.3 Å². The predicted molar refractivity (Wildman–Crippen MR) is 80.8 cm³/mol. The van der Waals surface area contributed by atoms with Gasteiger partial charge in [-0.1, -0.05) is 6.07 Å². The van der Waals surface area contributed by atoms with E-state index >= 15 is 0 Å². The SMILES string of the molecule is C[N@+]12CCCC[C@@H]1[C@@H](COC(=O)c1ccccn1)CCC2. The highest BCUT2D eigenvalue weighted by molar-refractivity contribution is 5.87. The van der Waals surface area contributed by atoms with E-state index in [0.29, 0.717) is 24.3 Å². The number of hydrogen-bond acceptors (Lipinski definition) is 3. The van der Waals surface area contributed by atoms with Crippen molar-refractivity contribution in [2.75, 3.05) is 26.7 Å². The first-order valence-corrected chi connectivity index (χ1v) is 8.11. The average Bonchev–Trinajstić information content (AvgIpc) is 2.52. The molecule has 3 atom stereocenters. The van der Waals surface area contributed by atoms with Crippen LogP contribution in [0.5, 0.6) is 0 Å². The minimum atomic E-state index is -0.286. The van der Waals surface area contributed by atoms with E-state index in [4.69, 9.17) is 4.74 Å². The largest absolute Gasteiger partial charge is 0.460 e. The van der Waals surface area contributed by atoms with E-state index in [-0.39, 0.29) is 5.97 Å². The molecule has 2 saturated heterocycles. The Hall–Kier alpha value is -1.42. The fourth-order valence-corrected chi connectivity index (χ4v) is 4.17. The number of quaternary nitrogens is 1. The zero-order chi connectivity index (χ0) is 14.7. The lowest BCUT2D eigenvalue weighted by Crippen LogP contribution is -2.61. The first-order chi connectivity index (χ1) is 10.2. The number of piperidine rings is 2. The molecule has 0 aliphatic carbocycles. The van der Waals surface area contributed by atoms with Gasteiger partial charge in [-0.25, -0.2) is 9.78 Å². The highest BCUT2D eigenvalue weighted by Crippen LogP contribution is 2.36. The van der Waals surface area contributed by atoms with Gasteiger partial charge >= 0.3 is 5.97 Å². The summed E-state index contributed by atoms with van der Waals surface area (Å²) >= 11 is 0. The molecule has 4 heteroatoms. The molecule has 1 aromatic rings. The molecule has 2 aliphatic rings. The number of carbonyl (C=O) groups excluding carboxylic acids is 1. The molecule has 3 rings (SSSR count). The Labute approximate surface area is 126 Å². The summed E-state index contributed by atoms with van der Waals surface area (Å²) in [5.74, 6) is 0.225. The third kappa shape index (κ3) is 3.10. The zero-order valence-electron chi connectivity index (χ0n) is 12.8. The van der Waals surface area contributed by atoms with E-state index in [1.807, 2.05) is 12.1 Å². The van der Waals surface area contributed by atoms with Crippen molar-refractivity contribution in [1.29, 1.82) is 0 Å². The van der Waals surface area contributed by atoms with Crippen LogP contribution in [-0.2, 0) is 4.74 Å². The summed E-state index contributed by atoms with van der Waals surface area (Å²) < 4.78 is 6.74. The van der Waals surface area contributed by atoms with Crippen LogP contribution < -0.4 is 0 Å². The molecule has 0 amide bonds. The van der Waals surface area contributed by atoms with Crippen molar-refractivity contribution >= 4 is 5.97 Å². The van der Waals surface area contributed by atoms with Crippen LogP contribution in [0.25, 0.3) is 0 Å². The highest BCUT2D eigenvalue weighted by Gasteiger charge is 2.43. The first kappa shape index (κ1) is 14.5. The summed E-state index contributed by atoms with van der Waals surface area (Å²) in [7, 11) is 2.39. The van der Waals surface area contributed by atoms with E-state index < -0.39 is 0 Å². The monoisotopic (exact) mass is 289 g/mol. The Morgan fingerprint density at radius 2 is 2.14 bits per heavy atom. The van der Waals surface area contributed by atoms with Crippen LogP contribution in [0.15, 0.2) is 24.4 Å². The second kappa shape index (κ2) is 6.14. The van der Waals surface area contributed by atoms with Crippen LogP contribution in [-0.4, -0.2) is 48.2 Å². The molecule has 114 valence electrons. The maximum Gasteiger partial charge on any atom is 0.356 e. The normalized spacial score (nSPS) is 32.2. The summed E-state index contributed by atoms with van der Waals surface area (Å²) in [6.07, 6.45) is 8.01. The topological polar surface area (TPSA) is 39.2 Å². The third-order valence-electron chi connectivity index (χ3n) is 5.31. The van der Waals surface area contributed by atoms with Gasteiger partial charge < -0.3 is 9.22 Å². The van der Waals surface area contributed by atoms with Gasteiger partial charge in [0.15, 0.2) is 0 Å². The quantitative estimate of drug-likeness (QED) is 0.634. The number of hydrogen-bond donors (Lipinski definition) is 0. The van der Waals surface area contributed by atoms with E-state index in [0.717, 1.165) is 0 Å². The Balaban J connectivity index is 1.61. The van der Waals surface area contributed by atoms with Gasteiger partial charge in [-0.15, -0.1) is 0 Å². The maximum absolute atomic E-state index is 12.0. The average molecular weight is 289 g/mol. The molecule has 0 bridgehead atoms. The molecule has 0 radical (unpaired) electrons. The van der Waals surface area contributed by atoms with Gasteiger partial charge in [-0.2, -0.15) is 0 Å². The second-order valence-electron chi connectivity index (χ2n) is 6.71. The number of aromatic nitrogens is 1. The Kier molecular flexibility index (Phi) is 4.24. The first-order valence-electron chi connectivity index (χ1n) is 8.11. The van der Waals surface area contributed by atoms with Gasteiger partial charge in [0.05, 0.1) is 26.2 Å². The van der Waals surface area contributed by atoms with E-state index in [1.54, 1.807) is 12.3 Å². The summed E-state index contributed by atoms with van der Waals surface area (Å²) in [6.45, 7) is 3.12. The van der Waals surface area contributed by atoms with E-state index in [2.05, 4.69) is 12.0 Å². The van der Waals surface area contributed by atoms with Gasteiger partial charge in [0.2, 0.25) is 0 Å². The smallest absolute Gasteiger partial charge is 0.356 e. The lowest BCUT2D eigenvalue weighted by molar-refractivity contribution is -0.947. The van der Waals surface area contributed by atoms with Crippen LogP contribution in [0.2, 0.25) is 0 Å². The van der Waals surface area contributed by atoms with Crippen LogP contribution in [0.1, 0.15) is 42.6 Å². The van der Waals surface area contributed by atoms with Gasteiger partial charge in [0, 0.05) is 18.5 Å². The van der Waals surface area contributed by atoms with Crippen LogP contribution in [0, 0.1) is 5.92 Å². The molecule has 0 aromatic carbocycles. The van der Waals surface area contributed by atoms with Crippen molar-refractivity contribution in [1.82, 2.24) is 4.98 Å². The molecule has 21 heavy (non-hydrogen) atoms. The van der Waals surface area contributed by atoms with Gasteiger partial charge in [0.25, 0.3) is 0 Å². The second-order valence-corrected chi connectivity index (χ2v) is 6.71. The predicted octanol–water partition coefficient (Wildman–Crippen LogP) is 2.65. The van der Waals surface area contributed by atoms with Crippen molar-refractivity contribution < 1.29 is 14.0 Å². The molecule has 1 aromatic heterocycles. The van der Waals surface area contributed by atoms with Gasteiger partial charge in [-0.3, -0.25) is 0 Å². The minimum Gasteiger partial charge on any atom is -0.460 e. The molecule has 2 aliphatic heterocycles. The van der Waals surface area contributed by atoms with Crippen molar-refractivity contribution in [3.05, 3.63) is 30.1 Å². The molecule has 3 heterocycles. The van der Waals surface area contributed by atoms with Crippen molar-refractivity contribution in [3.8, 4) is 0 Å². The molecule has 0 N–H and O–H groups in total. The van der Waals surface area contributed by atoms with Gasteiger partial charge in [-0.05, 0) is 37.8 Å². The standard InChI is InChI=1S/C17H25N2O2/c1-19-11-5-3-9-16(19)14(7-6-12-19)13-21-17(20)15-8-2-4-10-18-15/h2,4,8,10,14,16H,3,5-7,9,11-13H2,1H3/q+1/t14-,16-,19-/m1/s1. The molecule has 0 saturated carbocycles. The van der Waals surface area contributed by atoms with E-state index in [9.17, 15) is 4.79 Å². The lowest BCUT2D eigenvalue weighted by atomic mass is 9.82. The Bertz CT molecular complexity index is 487. The van der Waals surface area contributed by atoms with Crippen LogP contribution in [0.3, 0.4) is 0 Å². The number of rotatable bonds is 3. The summed E-state index contributed by atoms with van der Waals surface area (Å²) in [6, 6.07) is 6.01. The van der Waals surface area contributed by atoms with E-state index in [1.165, 1.54) is 49.7 Å². The lowest BCUT2D eigenvalue weighted by Gasteiger charge is -2.51. The zero-order valence-corrected chi connectivity index (χ0v) is 12.8. The fourth-order valence-electron chi connectivity index (χ4n) is 4.17. The molecule has 0 unspecified atom stereocenters. The Morgan fingerprint density at radius 3 is 2.95 bits per heavy atom. The molecular formula is C17H25N2O2+. The Morgan fingerprint density at radius 1 is 1.29 bits per heavy atom. The number of carbonyl (C=O) groups is 1. The number of nitrogens with zero attached hydrogens (tertiary/aromatic N) is 2. The fraction of sp³-hybridized carbons (Fsp3) is 0.647. The van der Waals surface area contributed by atoms with Crippen LogP contribution in [0.4, 0.5) is 0 Å². The van der Waals surface area contributed by atoms with Crippen molar-refractivity contribution in [2.24, 2.45) is 5.92 Å². The molecular weight excluding hydrogens is 264 g/mol. The maximum atomic E-state index is 12.0. The molecule has 4 nitrogen and oxygen atoms in total. The summed E-state index contributed by atoms with van der Waals surface area (Å²) in [5.41, 5.74) is 0.411. The number of ether oxygens (including phenoxy) is 1. The molecule has 2 fully saturated rings. The van der Waals surface area contributed by atoms with Crippen LogP contribution >= 0.6 is 0 Å². The number of esters is 1. The molecule has 0 spiro atoms.